The van der Waals surface area contributed by atoms with Crippen LogP contribution in [-0.2, 0) is 17.8 Å². The molecular formula is C22H23ClO4. The monoisotopic (exact) mass is 386 g/mol. The zero-order chi connectivity index (χ0) is 19.7. The van der Waals surface area contributed by atoms with Crippen molar-refractivity contribution in [2.24, 2.45) is 0 Å². The summed E-state index contributed by atoms with van der Waals surface area (Å²) in [5, 5.41) is 10.6. The van der Waals surface area contributed by atoms with Crippen molar-refractivity contribution in [2.45, 2.75) is 47.1 Å². The SMILES string of the molecule is Cc1oc2cc(Cl)cc(COc3ccc(CCC(=O)O)c(C)c3C)c2c1C. The molecule has 4 nitrogen and oxygen atoms in total. The van der Waals surface area contributed by atoms with Gasteiger partial charge in [-0.2, -0.15) is 0 Å². The van der Waals surface area contributed by atoms with Crippen LogP contribution in [0.3, 0.4) is 0 Å². The van der Waals surface area contributed by atoms with Crippen molar-refractivity contribution in [1.82, 2.24) is 0 Å². The summed E-state index contributed by atoms with van der Waals surface area (Å²) in [6.07, 6.45) is 0.644. The average molecular weight is 387 g/mol. The summed E-state index contributed by atoms with van der Waals surface area (Å²) in [4.78, 5) is 10.8. The summed E-state index contributed by atoms with van der Waals surface area (Å²) in [5.74, 6) is 0.879. The number of carboxylic acid groups (broad SMARTS) is 1. The Morgan fingerprint density at radius 1 is 1.07 bits per heavy atom. The Hall–Kier alpha value is -2.46. The Morgan fingerprint density at radius 3 is 2.52 bits per heavy atom. The number of carbonyl (C=O) groups is 1. The molecule has 0 aliphatic carbocycles. The fourth-order valence-corrected chi connectivity index (χ4v) is 3.58. The number of rotatable bonds is 6. The molecule has 0 spiro atoms. The Bertz CT molecular complexity index is 1020. The summed E-state index contributed by atoms with van der Waals surface area (Å²) in [6.45, 7) is 8.35. The number of fused-ring (bicyclic) bond motifs is 1. The highest BCUT2D eigenvalue weighted by Gasteiger charge is 2.14. The van der Waals surface area contributed by atoms with Gasteiger partial charge in [0, 0.05) is 28.5 Å². The van der Waals surface area contributed by atoms with Crippen LogP contribution in [-0.4, -0.2) is 11.1 Å². The van der Waals surface area contributed by atoms with E-state index in [1.807, 2.05) is 52.0 Å². The maximum Gasteiger partial charge on any atom is 0.303 e. The van der Waals surface area contributed by atoms with Crippen LogP contribution >= 0.6 is 11.6 Å². The molecule has 0 unspecified atom stereocenters. The summed E-state index contributed by atoms with van der Waals surface area (Å²) in [5.41, 5.74) is 5.98. The maximum atomic E-state index is 10.8. The number of aliphatic carboxylic acids is 1. The molecule has 5 heteroatoms. The van der Waals surface area contributed by atoms with Crippen LogP contribution in [0.4, 0.5) is 0 Å². The molecule has 1 N–H and O–H groups in total. The largest absolute Gasteiger partial charge is 0.489 e. The van der Waals surface area contributed by atoms with Crippen LogP contribution in [0.1, 0.15) is 40.0 Å². The molecule has 0 saturated carbocycles. The predicted molar refractivity (Wildman–Crippen MR) is 107 cm³/mol. The van der Waals surface area contributed by atoms with Crippen molar-refractivity contribution >= 4 is 28.5 Å². The number of furan rings is 1. The number of hydrogen-bond donors (Lipinski definition) is 1. The van der Waals surface area contributed by atoms with Gasteiger partial charge in [0.15, 0.2) is 0 Å². The van der Waals surface area contributed by atoms with E-state index >= 15 is 0 Å². The number of aryl methyl sites for hydroxylation is 3. The van der Waals surface area contributed by atoms with Crippen LogP contribution in [0.15, 0.2) is 28.7 Å². The van der Waals surface area contributed by atoms with Crippen molar-refractivity contribution in [2.75, 3.05) is 0 Å². The van der Waals surface area contributed by atoms with Crippen LogP contribution in [0, 0.1) is 27.7 Å². The number of hydrogen-bond acceptors (Lipinski definition) is 3. The highest BCUT2D eigenvalue weighted by Crippen LogP contribution is 2.32. The lowest BCUT2D eigenvalue weighted by Gasteiger charge is -2.15. The normalized spacial score (nSPS) is 11.1. The van der Waals surface area contributed by atoms with Gasteiger partial charge in [0.25, 0.3) is 0 Å². The zero-order valence-corrected chi connectivity index (χ0v) is 16.7. The van der Waals surface area contributed by atoms with Crippen LogP contribution in [0.25, 0.3) is 11.0 Å². The Labute approximate surface area is 163 Å². The lowest BCUT2D eigenvalue weighted by molar-refractivity contribution is -0.136. The summed E-state index contributed by atoms with van der Waals surface area (Å²) in [7, 11) is 0. The molecule has 1 heterocycles. The van der Waals surface area contributed by atoms with Gasteiger partial charge in [-0.3, -0.25) is 4.79 Å². The first-order valence-electron chi connectivity index (χ1n) is 8.89. The second kappa shape index (κ2) is 7.65. The maximum absolute atomic E-state index is 10.8. The number of benzene rings is 2. The van der Waals surface area contributed by atoms with Crippen LogP contribution in [0.2, 0.25) is 5.02 Å². The molecular weight excluding hydrogens is 364 g/mol. The van der Waals surface area contributed by atoms with E-state index in [9.17, 15) is 4.79 Å². The molecule has 0 saturated heterocycles. The van der Waals surface area contributed by atoms with Crippen molar-refractivity contribution < 1.29 is 19.1 Å². The van der Waals surface area contributed by atoms with Gasteiger partial charge in [-0.25, -0.2) is 0 Å². The van der Waals surface area contributed by atoms with Gasteiger partial charge >= 0.3 is 5.97 Å². The minimum Gasteiger partial charge on any atom is -0.489 e. The number of carboxylic acids is 1. The van der Waals surface area contributed by atoms with Crippen molar-refractivity contribution in [3.63, 3.8) is 0 Å². The molecule has 0 radical (unpaired) electrons. The van der Waals surface area contributed by atoms with Crippen molar-refractivity contribution in [3.8, 4) is 5.75 Å². The standard InChI is InChI=1S/C22H23ClO4/c1-12-13(2)19(7-5-16(12)6-8-21(24)25)26-11-17-9-18(23)10-20-22(17)14(3)15(4)27-20/h5,7,9-10H,6,8,11H2,1-4H3,(H,24,25). The molecule has 3 rings (SSSR count). The van der Waals surface area contributed by atoms with Gasteiger partial charge < -0.3 is 14.3 Å². The quantitative estimate of drug-likeness (QED) is 0.571. The van der Waals surface area contributed by atoms with Gasteiger partial charge in [-0.05, 0) is 68.5 Å². The second-order valence-electron chi connectivity index (χ2n) is 6.88. The fourth-order valence-electron chi connectivity index (χ4n) is 3.35. The van der Waals surface area contributed by atoms with Gasteiger partial charge in [-0.15, -0.1) is 0 Å². The van der Waals surface area contributed by atoms with E-state index in [0.29, 0.717) is 18.1 Å². The number of halogens is 1. The topological polar surface area (TPSA) is 59.7 Å². The molecule has 27 heavy (non-hydrogen) atoms. The smallest absolute Gasteiger partial charge is 0.303 e. The fraction of sp³-hybridized carbons (Fsp3) is 0.318. The van der Waals surface area contributed by atoms with E-state index in [-0.39, 0.29) is 6.42 Å². The number of ether oxygens (including phenoxy) is 1. The molecule has 0 aliphatic heterocycles. The third kappa shape index (κ3) is 3.96. The minimum absolute atomic E-state index is 0.125. The molecule has 0 atom stereocenters. The molecule has 0 aliphatic rings. The predicted octanol–water partition coefficient (Wildman–Crippen LogP) is 5.92. The lowest BCUT2D eigenvalue weighted by Crippen LogP contribution is -2.03. The van der Waals surface area contributed by atoms with E-state index in [0.717, 1.165) is 50.3 Å². The van der Waals surface area contributed by atoms with Gasteiger partial charge in [-0.1, -0.05) is 17.7 Å². The van der Waals surface area contributed by atoms with Crippen LogP contribution < -0.4 is 4.74 Å². The Balaban J connectivity index is 1.86. The van der Waals surface area contributed by atoms with Gasteiger partial charge in [0.1, 0.15) is 23.7 Å². The Morgan fingerprint density at radius 2 is 1.81 bits per heavy atom. The third-order valence-electron chi connectivity index (χ3n) is 5.16. The summed E-state index contributed by atoms with van der Waals surface area (Å²) in [6, 6.07) is 7.60. The Kier molecular flexibility index (Phi) is 5.47. The van der Waals surface area contributed by atoms with E-state index in [4.69, 9.17) is 25.9 Å². The average Bonchev–Trinajstić information content (AvgIpc) is 2.89. The molecule has 3 aromatic rings. The first-order valence-corrected chi connectivity index (χ1v) is 9.27. The van der Waals surface area contributed by atoms with Crippen molar-refractivity contribution in [3.05, 3.63) is 62.9 Å². The van der Waals surface area contributed by atoms with Gasteiger partial charge in [0.2, 0.25) is 0 Å². The molecule has 0 bridgehead atoms. The zero-order valence-electron chi connectivity index (χ0n) is 16.0. The van der Waals surface area contributed by atoms with E-state index < -0.39 is 5.97 Å². The van der Waals surface area contributed by atoms with E-state index in [1.165, 1.54) is 0 Å². The summed E-state index contributed by atoms with van der Waals surface area (Å²) < 4.78 is 11.9. The minimum atomic E-state index is -0.789. The van der Waals surface area contributed by atoms with Crippen LogP contribution in [0.5, 0.6) is 5.75 Å². The van der Waals surface area contributed by atoms with Crippen molar-refractivity contribution in [1.29, 1.82) is 0 Å². The van der Waals surface area contributed by atoms with E-state index in [1.54, 1.807) is 0 Å². The first-order chi connectivity index (χ1) is 12.8. The molecule has 0 amide bonds. The molecule has 1 aromatic heterocycles. The summed E-state index contributed by atoms with van der Waals surface area (Å²) >= 11 is 6.24. The highest BCUT2D eigenvalue weighted by atomic mass is 35.5. The first kappa shape index (κ1) is 19.3. The lowest BCUT2D eigenvalue weighted by atomic mass is 9.99. The highest BCUT2D eigenvalue weighted by molar-refractivity contribution is 6.31. The van der Waals surface area contributed by atoms with Gasteiger partial charge in [0.05, 0.1) is 0 Å². The second-order valence-corrected chi connectivity index (χ2v) is 7.31. The third-order valence-corrected chi connectivity index (χ3v) is 5.37. The molecule has 0 fully saturated rings. The van der Waals surface area contributed by atoms with E-state index in [2.05, 4.69) is 0 Å². The molecule has 142 valence electrons. The molecule has 2 aromatic carbocycles.